The topological polar surface area (TPSA) is 24.8 Å². The van der Waals surface area contributed by atoms with Crippen molar-refractivity contribution < 1.29 is 9.69 Å². The Kier molecular flexibility index (Phi) is 5.99. The van der Waals surface area contributed by atoms with Gasteiger partial charge in [-0.2, -0.15) is 0 Å². The van der Waals surface area contributed by atoms with Gasteiger partial charge in [-0.05, 0) is 29.2 Å². The van der Waals surface area contributed by atoms with Gasteiger partial charge in [-0.25, -0.2) is 0 Å². The lowest BCUT2D eigenvalue weighted by Gasteiger charge is -2.31. The minimum atomic E-state index is 0.127. The molecule has 124 valence electrons. The van der Waals surface area contributed by atoms with Crippen LogP contribution in [0.1, 0.15) is 10.4 Å². The summed E-state index contributed by atoms with van der Waals surface area (Å²) in [6.07, 6.45) is 8.02. The van der Waals surface area contributed by atoms with Crippen molar-refractivity contribution in [1.82, 2.24) is 4.90 Å². The molecule has 0 spiro atoms. The highest BCUT2D eigenvalue weighted by Crippen LogP contribution is 2.10. The molecule has 0 aliphatic carbocycles. The van der Waals surface area contributed by atoms with Crippen molar-refractivity contribution in [1.29, 1.82) is 0 Å². The third kappa shape index (κ3) is 4.91. The molecule has 1 amide bonds. The lowest BCUT2D eigenvalue weighted by atomic mass is 10.2. The first kappa shape index (κ1) is 16.7. The zero-order chi connectivity index (χ0) is 16.6. The highest BCUT2D eigenvalue weighted by atomic mass is 32.1. The Bertz CT molecular complexity index is 684. The number of amides is 1. The Morgan fingerprint density at radius 1 is 1.08 bits per heavy atom. The number of carbonyl (C=O) groups is 1. The average molecular weight is 339 g/mol. The van der Waals surface area contributed by atoms with Crippen LogP contribution in [0.5, 0.6) is 0 Å². The van der Waals surface area contributed by atoms with Crippen LogP contribution >= 0.6 is 11.3 Å². The van der Waals surface area contributed by atoms with E-state index in [4.69, 9.17) is 0 Å². The van der Waals surface area contributed by atoms with E-state index in [-0.39, 0.29) is 5.91 Å². The zero-order valence-electron chi connectivity index (χ0n) is 13.7. The van der Waals surface area contributed by atoms with E-state index >= 15 is 0 Å². The molecule has 1 saturated heterocycles. The van der Waals surface area contributed by atoms with Crippen molar-refractivity contribution in [2.45, 2.75) is 0 Å². The van der Waals surface area contributed by atoms with E-state index in [1.807, 2.05) is 34.6 Å². The Morgan fingerprint density at radius 3 is 2.58 bits per heavy atom. The standard InChI is InChI=1S/C20H22N2OS/c23-20(11-10-19-9-5-17-24-19)22-15-13-21(14-16-22)12-4-8-18-6-2-1-3-7-18/h1-11,17H,12-16H2/p+1. The van der Waals surface area contributed by atoms with Crippen molar-refractivity contribution in [3.05, 3.63) is 70.4 Å². The SMILES string of the molecule is O=C(C=Cc1cccs1)N1CC[NH+](CC=Cc2ccccc2)CC1. The maximum absolute atomic E-state index is 12.2. The number of nitrogens with zero attached hydrogens (tertiary/aromatic N) is 1. The van der Waals surface area contributed by atoms with Crippen LogP contribution in [-0.2, 0) is 4.79 Å². The summed E-state index contributed by atoms with van der Waals surface area (Å²) in [5.41, 5.74) is 1.24. The molecule has 0 unspecified atom stereocenters. The lowest BCUT2D eigenvalue weighted by Crippen LogP contribution is -3.14. The number of nitrogens with one attached hydrogen (secondary N) is 1. The summed E-state index contributed by atoms with van der Waals surface area (Å²) in [6, 6.07) is 14.4. The van der Waals surface area contributed by atoms with Crippen LogP contribution in [-0.4, -0.2) is 43.5 Å². The van der Waals surface area contributed by atoms with Crippen LogP contribution < -0.4 is 4.90 Å². The van der Waals surface area contributed by atoms with E-state index in [1.54, 1.807) is 17.4 Å². The van der Waals surface area contributed by atoms with E-state index in [2.05, 4.69) is 36.4 Å². The van der Waals surface area contributed by atoms with Crippen LogP contribution in [0, 0.1) is 0 Å². The molecule has 3 nitrogen and oxygen atoms in total. The predicted molar refractivity (Wildman–Crippen MR) is 101 cm³/mol. The molecule has 2 aromatic rings. The summed E-state index contributed by atoms with van der Waals surface area (Å²) in [7, 11) is 0. The van der Waals surface area contributed by atoms with Gasteiger partial charge in [-0.15, -0.1) is 11.3 Å². The monoisotopic (exact) mass is 339 g/mol. The molecule has 1 aliphatic heterocycles. The molecule has 24 heavy (non-hydrogen) atoms. The van der Waals surface area contributed by atoms with Gasteiger partial charge in [0.15, 0.2) is 0 Å². The Hall–Kier alpha value is -2.17. The number of hydrogen-bond donors (Lipinski definition) is 1. The molecular weight excluding hydrogens is 316 g/mol. The number of piperazine rings is 1. The second-order valence-corrected chi connectivity index (χ2v) is 6.92. The van der Waals surface area contributed by atoms with E-state index in [0.29, 0.717) is 0 Å². The third-order valence-corrected chi connectivity index (χ3v) is 5.07. The molecule has 3 rings (SSSR count). The van der Waals surface area contributed by atoms with Crippen LogP contribution in [0.3, 0.4) is 0 Å². The van der Waals surface area contributed by atoms with Gasteiger partial charge >= 0.3 is 0 Å². The molecule has 1 N–H and O–H groups in total. The predicted octanol–water partition coefficient (Wildman–Crippen LogP) is 2.20. The summed E-state index contributed by atoms with van der Waals surface area (Å²) in [4.78, 5) is 16.8. The fraction of sp³-hybridized carbons (Fsp3) is 0.250. The minimum absolute atomic E-state index is 0.127. The van der Waals surface area contributed by atoms with E-state index in [1.165, 1.54) is 10.5 Å². The lowest BCUT2D eigenvalue weighted by molar-refractivity contribution is -0.898. The summed E-state index contributed by atoms with van der Waals surface area (Å²) in [6.45, 7) is 4.71. The summed E-state index contributed by atoms with van der Waals surface area (Å²) in [5, 5.41) is 2.02. The number of rotatable bonds is 5. The molecule has 0 atom stereocenters. The van der Waals surface area contributed by atoms with E-state index < -0.39 is 0 Å². The van der Waals surface area contributed by atoms with Crippen LogP contribution in [0.25, 0.3) is 12.2 Å². The second kappa shape index (κ2) is 8.62. The van der Waals surface area contributed by atoms with Gasteiger partial charge in [0.05, 0.1) is 32.7 Å². The average Bonchev–Trinajstić information content (AvgIpc) is 3.15. The smallest absolute Gasteiger partial charge is 0.247 e. The highest BCUT2D eigenvalue weighted by molar-refractivity contribution is 7.10. The molecule has 4 heteroatoms. The van der Waals surface area contributed by atoms with E-state index in [9.17, 15) is 4.79 Å². The molecule has 0 saturated carbocycles. The quantitative estimate of drug-likeness (QED) is 0.830. The Labute approximate surface area is 147 Å². The Morgan fingerprint density at radius 2 is 1.88 bits per heavy atom. The van der Waals surface area contributed by atoms with Gasteiger partial charge in [0.25, 0.3) is 0 Å². The van der Waals surface area contributed by atoms with Crippen molar-refractivity contribution in [2.75, 3.05) is 32.7 Å². The molecular formula is C20H23N2OS+. The molecule has 1 aromatic carbocycles. The molecule has 1 aliphatic rings. The van der Waals surface area contributed by atoms with Crippen LogP contribution in [0.4, 0.5) is 0 Å². The van der Waals surface area contributed by atoms with Crippen molar-refractivity contribution >= 4 is 29.4 Å². The number of benzene rings is 1. The van der Waals surface area contributed by atoms with Crippen LogP contribution in [0.15, 0.2) is 60.0 Å². The normalized spacial score (nSPS) is 16.2. The molecule has 0 bridgehead atoms. The molecule has 1 fully saturated rings. The molecule has 2 heterocycles. The fourth-order valence-electron chi connectivity index (χ4n) is 2.82. The first-order valence-corrected chi connectivity index (χ1v) is 9.25. The van der Waals surface area contributed by atoms with Crippen molar-refractivity contribution in [2.24, 2.45) is 0 Å². The number of carbonyl (C=O) groups excluding carboxylic acids is 1. The molecule has 0 radical (unpaired) electrons. The third-order valence-electron chi connectivity index (χ3n) is 4.23. The van der Waals surface area contributed by atoms with Crippen molar-refractivity contribution in [3.8, 4) is 0 Å². The maximum Gasteiger partial charge on any atom is 0.247 e. The fourth-order valence-corrected chi connectivity index (χ4v) is 3.44. The summed E-state index contributed by atoms with van der Waals surface area (Å²) >= 11 is 1.65. The summed E-state index contributed by atoms with van der Waals surface area (Å²) in [5.74, 6) is 0.127. The van der Waals surface area contributed by atoms with Gasteiger partial charge in [-0.1, -0.05) is 42.5 Å². The zero-order valence-corrected chi connectivity index (χ0v) is 14.5. The largest absolute Gasteiger partial charge is 0.329 e. The van der Waals surface area contributed by atoms with Gasteiger partial charge in [0.2, 0.25) is 5.91 Å². The van der Waals surface area contributed by atoms with Gasteiger partial charge in [-0.3, -0.25) is 4.79 Å². The molecule has 1 aromatic heterocycles. The highest BCUT2D eigenvalue weighted by Gasteiger charge is 2.21. The summed E-state index contributed by atoms with van der Waals surface area (Å²) < 4.78 is 0. The maximum atomic E-state index is 12.2. The second-order valence-electron chi connectivity index (χ2n) is 5.94. The Balaban J connectivity index is 1.42. The van der Waals surface area contributed by atoms with Gasteiger partial charge < -0.3 is 9.80 Å². The number of quaternary nitrogens is 1. The first-order valence-electron chi connectivity index (χ1n) is 8.37. The van der Waals surface area contributed by atoms with Crippen LogP contribution in [0.2, 0.25) is 0 Å². The van der Waals surface area contributed by atoms with Gasteiger partial charge in [0.1, 0.15) is 0 Å². The number of thiophene rings is 1. The number of hydrogen-bond acceptors (Lipinski definition) is 2. The first-order chi connectivity index (χ1) is 11.8. The van der Waals surface area contributed by atoms with Gasteiger partial charge in [0, 0.05) is 11.0 Å². The van der Waals surface area contributed by atoms with Crippen molar-refractivity contribution in [3.63, 3.8) is 0 Å². The van der Waals surface area contributed by atoms with E-state index in [0.717, 1.165) is 37.6 Å². The minimum Gasteiger partial charge on any atom is -0.329 e.